The van der Waals surface area contributed by atoms with Gasteiger partial charge in [-0.15, -0.1) is 0 Å². The van der Waals surface area contributed by atoms with E-state index in [0.717, 1.165) is 34.6 Å². The number of phosphoric ester groups is 3. The van der Waals surface area contributed by atoms with Crippen LogP contribution >= 0.6 is 35.2 Å². The highest BCUT2D eigenvalue weighted by Crippen LogP contribution is 2.56. The van der Waals surface area contributed by atoms with Crippen LogP contribution in [-0.4, -0.2) is 109 Å². The molecule has 1 saturated heterocycles. The Bertz CT molecular complexity index is 2110. The van der Waals surface area contributed by atoms with Gasteiger partial charge in [-0.3, -0.25) is 32.9 Å². The molecule has 2 unspecified atom stereocenters. The van der Waals surface area contributed by atoms with Crippen LogP contribution in [0.1, 0.15) is 53.7 Å². The van der Waals surface area contributed by atoms with Gasteiger partial charge in [0.25, 0.3) is 15.6 Å². The number of ketones is 1. The number of anilines is 1. The second-order valence-electron chi connectivity index (χ2n) is 14.9. The average molecular weight is 928 g/mol. The molecular formula is C31H44N7O18P3S-4. The quantitative estimate of drug-likeness (QED) is 0.0649. The van der Waals surface area contributed by atoms with E-state index in [1.807, 2.05) is 20.8 Å². The highest BCUT2D eigenvalue weighted by molar-refractivity contribution is 8.13. The van der Waals surface area contributed by atoms with E-state index in [9.17, 15) is 62.7 Å². The van der Waals surface area contributed by atoms with Crippen LogP contribution in [0.25, 0.3) is 11.2 Å². The number of hydrogen-bond acceptors (Lipinski definition) is 23. The number of amides is 2. The standard InChI is InChI=1S/C31H48N7O18P3S/c1-16-10-18(39)17(31(16,4)5)11-21(41)60-9-8-33-20(40)6-7-34-28(44)25(43)30(2,3)13-53-59(50,51)56-58(48,49)52-12-19-24(55-57(45,46)47)23(42)29(54-19)38-15-37-22-26(32)35-14-36-27(22)38/h10,14-15,17,19,23-25,29,42-43H,6-9,11-13H2,1-5H3,(H,33,40)(H,34,44)(H,48,49)(H,50,51)(H2,32,35,36)(H2,45,46,47)/p-4/t17-,19+,23+,24+,25-,29+/m0/s1. The Kier molecular flexibility index (Phi) is 16.2. The number of hydrogen-bond donors (Lipinski definition) is 5. The minimum atomic E-state index is -5.93. The Hall–Kier alpha value is -3.03. The van der Waals surface area contributed by atoms with Gasteiger partial charge in [0.05, 0.1) is 27.4 Å². The normalized spacial score (nSPS) is 24.4. The summed E-state index contributed by atoms with van der Waals surface area (Å²) in [5.74, 6) is -1.93. The van der Waals surface area contributed by atoms with Gasteiger partial charge in [0.2, 0.25) is 11.8 Å². The van der Waals surface area contributed by atoms with E-state index >= 15 is 0 Å². The molecule has 0 aromatic carbocycles. The summed E-state index contributed by atoms with van der Waals surface area (Å²) in [7, 11) is -17.6. The van der Waals surface area contributed by atoms with Crippen LogP contribution in [0.4, 0.5) is 5.82 Å². The molecule has 2 aromatic rings. The Labute approximate surface area is 346 Å². The van der Waals surface area contributed by atoms with Gasteiger partial charge in [0, 0.05) is 43.0 Å². The minimum absolute atomic E-state index is 0.0275. The van der Waals surface area contributed by atoms with E-state index in [1.165, 1.54) is 13.8 Å². The third kappa shape index (κ3) is 13.0. The Morgan fingerprint density at radius 2 is 1.75 bits per heavy atom. The van der Waals surface area contributed by atoms with Gasteiger partial charge < -0.3 is 69.0 Å². The summed E-state index contributed by atoms with van der Waals surface area (Å²) in [4.78, 5) is 109. The van der Waals surface area contributed by atoms with Crippen molar-refractivity contribution in [3.63, 3.8) is 0 Å². The third-order valence-electron chi connectivity index (χ3n) is 9.70. The summed E-state index contributed by atoms with van der Waals surface area (Å²) in [5, 5.41) is 26.1. The molecule has 0 radical (unpaired) electrons. The second-order valence-corrected chi connectivity index (χ2v) is 20.1. The number of rotatable bonds is 21. The van der Waals surface area contributed by atoms with Crippen molar-refractivity contribution in [2.45, 2.75) is 78.1 Å². The van der Waals surface area contributed by atoms with Crippen LogP contribution < -0.4 is 35.9 Å². The molecule has 0 spiro atoms. The predicted octanol–water partition coefficient (Wildman–Crippen LogP) is -2.30. The zero-order valence-electron chi connectivity index (χ0n) is 32.7. The first-order valence-corrected chi connectivity index (χ1v) is 23.2. The summed E-state index contributed by atoms with van der Waals surface area (Å²) in [6, 6.07) is 0. The van der Waals surface area contributed by atoms with Gasteiger partial charge in [-0.05, 0) is 18.4 Å². The van der Waals surface area contributed by atoms with E-state index in [1.54, 1.807) is 6.08 Å². The van der Waals surface area contributed by atoms with Gasteiger partial charge >= 0.3 is 0 Å². The van der Waals surface area contributed by atoms with Crippen LogP contribution in [0.2, 0.25) is 0 Å². The maximum absolute atomic E-state index is 12.6. The van der Waals surface area contributed by atoms with Crippen molar-refractivity contribution >= 4 is 74.9 Å². The molecule has 0 saturated carbocycles. The van der Waals surface area contributed by atoms with Crippen molar-refractivity contribution in [3.05, 3.63) is 24.3 Å². The molecule has 1 aliphatic heterocycles. The number of phosphoric acid groups is 3. The SMILES string of the molecule is CC1=CC(=O)[C@H](CC(=O)SCCNC(=O)CCNC(=O)[C@H](O)C(C)(C)COP(=O)([O-])OP(=O)([O-])OC[C@H]2O[C@@H](n3cnc4c(N)ncnc43)[C@H](O)[C@@H]2OP(=O)([O-])[O-])C1(C)C. The van der Waals surface area contributed by atoms with Gasteiger partial charge in [-0.1, -0.05) is 45.0 Å². The molecule has 4 rings (SSSR count). The number of nitrogen functional groups attached to an aromatic ring is 1. The lowest BCUT2D eigenvalue weighted by atomic mass is 9.76. The van der Waals surface area contributed by atoms with Crippen molar-refractivity contribution in [2.75, 3.05) is 37.8 Å². The molecule has 1 fully saturated rings. The molecule has 29 heteroatoms. The molecule has 3 heterocycles. The highest BCUT2D eigenvalue weighted by atomic mass is 32.2. The molecule has 25 nitrogen and oxygen atoms in total. The number of aromatic nitrogens is 4. The van der Waals surface area contributed by atoms with E-state index in [0.29, 0.717) is 0 Å². The monoisotopic (exact) mass is 927 g/mol. The lowest BCUT2D eigenvalue weighted by Gasteiger charge is -2.36. The first kappa shape index (κ1) is 49.6. The second kappa shape index (κ2) is 19.6. The Morgan fingerprint density at radius 3 is 2.38 bits per heavy atom. The van der Waals surface area contributed by atoms with E-state index in [-0.39, 0.29) is 59.6 Å². The molecular weight excluding hydrogens is 883 g/mol. The van der Waals surface area contributed by atoms with Crippen LogP contribution in [0, 0.1) is 16.7 Å². The Balaban J connectivity index is 1.20. The first-order chi connectivity index (χ1) is 27.6. The van der Waals surface area contributed by atoms with E-state index in [2.05, 4.69) is 43.5 Å². The molecule has 1 aliphatic carbocycles. The number of nitrogens with one attached hydrogen (secondary N) is 2. The van der Waals surface area contributed by atoms with E-state index in [4.69, 9.17) is 10.5 Å². The molecule has 60 heavy (non-hydrogen) atoms. The largest absolute Gasteiger partial charge is 0.790 e. The van der Waals surface area contributed by atoms with Gasteiger partial charge in [0.15, 0.2) is 28.6 Å². The third-order valence-corrected chi connectivity index (χ3v) is 13.6. The number of fused-ring (bicyclic) bond motifs is 1. The zero-order valence-corrected chi connectivity index (χ0v) is 36.2. The number of aliphatic hydroxyl groups excluding tert-OH is 2. The summed E-state index contributed by atoms with van der Waals surface area (Å²) in [6.07, 6.45) is -6.09. The summed E-state index contributed by atoms with van der Waals surface area (Å²) >= 11 is 0.974. The highest BCUT2D eigenvalue weighted by Gasteiger charge is 2.48. The van der Waals surface area contributed by atoms with Gasteiger partial charge in [-0.25, -0.2) is 19.3 Å². The summed E-state index contributed by atoms with van der Waals surface area (Å²) in [5.41, 5.74) is 4.52. The van der Waals surface area contributed by atoms with Crippen molar-refractivity contribution in [2.24, 2.45) is 16.7 Å². The number of thioether (sulfide) groups is 1. The molecule has 2 aliphatic rings. The first-order valence-electron chi connectivity index (χ1n) is 17.8. The summed E-state index contributed by atoms with van der Waals surface area (Å²) < 4.78 is 60.6. The van der Waals surface area contributed by atoms with Gasteiger partial charge in [-0.2, -0.15) is 0 Å². The average Bonchev–Trinajstić information content (AvgIpc) is 3.75. The maximum Gasteiger partial charge on any atom is 0.274 e. The maximum atomic E-state index is 12.6. The lowest BCUT2D eigenvalue weighted by molar-refractivity contribution is -0.347. The molecule has 8 atom stereocenters. The smallest absolute Gasteiger partial charge is 0.274 e. The molecule has 2 aromatic heterocycles. The van der Waals surface area contributed by atoms with Crippen molar-refractivity contribution in [1.82, 2.24) is 30.2 Å². The topological polar surface area (TPSA) is 392 Å². The number of aliphatic hydroxyl groups is 2. The van der Waals surface area contributed by atoms with Crippen LogP contribution in [0.15, 0.2) is 24.3 Å². The molecule has 336 valence electrons. The minimum Gasteiger partial charge on any atom is -0.790 e. The molecule has 6 N–H and O–H groups in total. The number of nitrogens with zero attached hydrogens (tertiary/aromatic N) is 4. The van der Waals surface area contributed by atoms with Crippen LogP contribution in [0.3, 0.4) is 0 Å². The predicted molar refractivity (Wildman–Crippen MR) is 199 cm³/mol. The molecule has 2 amide bonds. The lowest BCUT2D eigenvalue weighted by Crippen LogP contribution is -2.46. The summed E-state index contributed by atoms with van der Waals surface area (Å²) in [6.45, 7) is 5.58. The number of carbonyl (C=O) groups excluding carboxylic acids is 4. The fourth-order valence-electron chi connectivity index (χ4n) is 5.98. The van der Waals surface area contributed by atoms with E-state index < -0.39 is 95.9 Å². The van der Waals surface area contributed by atoms with Crippen molar-refractivity contribution in [1.29, 1.82) is 0 Å². The zero-order chi connectivity index (χ0) is 45.0. The number of nitrogens with two attached hydrogens (primary N) is 1. The van der Waals surface area contributed by atoms with Crippen LogP contribution in [0.5, 0.6) is 0 Å². The fourth-order valence-corrected chi connectivity index (χ4v) is 9.44. The fraction of sp³-hybridized carbons (Fsp3) is 0.645. The molecule has 0 bridgehead atoms. The Morgan fingerprint density at radius 1 is 1.08 bits per heavy atom. The number of ether oxygens (including phenoxy) is 1. The van der Waals surface area contributed by atoms with Crippen molar-refractivity contribution in [3.8, 4) is 0 Å². The van der Waals surface area contributed by atoms with Gasteiger partial charge in [0.1, 0.15) is 36.3 Å². The number of carbonyl (C=O) groups is 4. The number of imidazole rings is 1. The van der Waals surface area contributed by atoms with Crippen LogP contribution in [-0.2, 0) is 55.5 Å². The van der Waals surface area contributed by atoms with Crippen molar-refractivity contribution < 1.29 is 85.3 Å². The number of allylic oxidation sites excluding steroid dienone is 2.